The summed E-state index contributed by atoms with van der Waals surface area (Å²) in [5.41, 5.74) is 0.139. The van der Waals surface area contributed by atoms with Crippen molar-refractivity contribution in [2.45, 2.75) is 97.2 Å². The first-order valence-electron chi connectivity index (χ1n) is 9.48. The predicted molar refractivity (Wildman–Crippen MR) is 94.6 cm³/mol. The molecule has 4 heteroatoms. The van der Waals surface area contributed by atoms with E-state index in [1.807, 2.05) is 25.7 Å². The Morgan fingerprint density at radius 2 is 2.04 bits per heavy atom. The standard InChI is InChI=1S/C19H36N2O2/c1-6-19(10-8-11-19)14-20-15(2)13-16-9-7-12-21(16)17(22)23-18(3,4)5/h15-16,20H,6-14H2,1-5H3. The Labute approximate surface area is 142 Å². The Kier molecular flexibility index (Phi) is 5.99. The zero-order valence-corrected chi connectivity index (χ0v) is 15.8. The second-order valence-corrected chi connectivity index (χ2v) is 8.69. The molecule has 2 atom stereocenters. The molecule has 4 nitrogen and oxygen atoms in total. The molecule has 1 N–H and O–H groups in total. The summed E-state index contributed by atoms with van der Waals surface area (Å²) in [4.78, 5) is 14.3. The van der Waals surface area contributed by atoms with Crippen LogP contribution in [0.25, 0.3) is 0 Å². The SMILES string of the molecule is CCC1(CNC(C)CC2CCCN2C(=O)OC(C)(C)C)CCC1. The van der Waals surface area contributed by atoms with Crippen molar-refractivity contribution in [1.29, 1.82) is 0 Å². The number of likely N-dealkylation sites (tertiary alicyclic amines) is 1. The van der Waals surface area contributed by atoms with E-state index in [0.717, 1.165) is 32.4 Å². The lowest BCUT2D eigenvalue weighted by atomic mass is 9.67. The third-order valence-electron chi connectivity index (χ3n) is 5.62. The van der Waals surface area contributed by atoms with E-state index in [1.54, 1.807) is 0 Å². The zero-order chi connectivity index (χ0) is 17.1. The van der Waals surface area contributed by atoms with E-state index in [4.69, 9.17) is 4.74 Å². The van der Waals surface area contributed by atoms with Gasteiger partial charge in [-0.2, -0.15) is 0 Å². The Morgan fingerprint density at radius 1 is 1.35 bits per heavy atom. The number of nitrogens with zero attached hydrogens (tertiary/aromatic N) is 1. The molecule has 0 radical (unpaired) electrons. The van der Waals surface area contributed by atoms with Crippen molar-refractivity contribution >= 4 is 6.09 Å². The van der Waals surface area contributed by atoms with E-state index in [9.17, 15) is 4.79 Å². The minimum absolute atomic E-state index is 0.142. The number of ether oxygens (including phenoxy) is 1. The Balaban J connectivity index is 1.79. The maximum atomic E-state index is 12.4. The van der Waals surface area contributed by atoms with E-state index in [0.29, 0.717) is 17.5 Å². The van der Waals surface area contributed by atoms with Gasteiger partial charge in [0.25, 0.3) is 0 Å². The van der Waals surface area contributed by atoms with Gasteiger partial charge in [0.05, 0.1) is 0 Å². The minimum atomic E-state index is -0.411. The molecule has 2 aliphatic rings. The van der Waals surface area contributed by atoms with Crippen molar-refractivity contribution in [2.24, 2.45) is 5.41 Å². The highest BCUT2D eigenvalue weighted by Crippen LogP contribution is 2.43. The summed E-state index contributed by atoms with van der Waals surface area (Å²) in [7, 11) is 0. The molecule has 1 aliphatic carbocycles. The summed E-state index contributed by atoms with van der Waals surface area (Å²) in [6.45, 7) is 12.3. The fourth-order valence-electron chi connectivity index (χ4n) is 3.86. The molecule has 2 fully saturated rings. The van der Waals surface area contributed by atoms with Crippen LogP contribution in [0.4, 0.5) is 4.79 Å². The summed E-state index contributed by atoms with van der Waals surface area (Å²) in [5.74, 6) is 0. The molecular weight excluding hydrogens is 288 g/mol. The molecule has 1 heterocycles. The van der Waals surface area contributed by atoms with Crippen LogP contribution in [0.5, 0.6) is 0 Å². The highest BCUT2D eigenvalue weighted by atomic mass is 16.6. The number of amides is 1. The molecule has 1 amide bonds. The van der Waals surface area contributed by atoms with Crippen LogP contribution in [0, 0.1) is 5.41 Å². The van der Waals surface area contributed by atoms with Crippen LogP contribution >= 0.6 is 0 Å². The van der Waals surface area contributed by atoms with Gasteiger partial charge in [-0.25, -0.2) is 4.79 Å². The van der Waals surface area contributed by atoms with Gasteiger partial charge in [0, 0.05) is 25.2 Å². The molecule has 0 aromatic heterocycles. The number of carbonyl (C=O) groups is 1. The highest BCUT2D eigenvalue weighted by molar-refractivity contribution is 5.68. The quantitative estimate of drug-likeness (QED) is 0.790. The van der Waals surface area contributed by atoms with Crippen LogP contribution in [0.15, 0.2) is 0 Å². The van der Waals surface area contributed by atoms with Gasteiger partial charge in [0.2, 0.25) is 0 Å². The number of rotatable bonds is 6. The molecule has 2 unspecified atom stereocenters. The first-order chi connectivity index (χ1) is 10.7. The van der Waals surface area contributed by atoms with Gasteiger partial charge >= 0.3 is 6.09 Å². The van der Waals surface area contributed by atoms with Gasteiger partial charge in [-0.1, -0.05) is 13.3 Å². The molecule has 2 rings (SSSR count). The fourth-order valence-corrected chi connectivity index (χ4v) is 3.86. The lowest BCUT2D eigenvalue weighted by Gasteiger charge is -2.42. The summed E-state index contributed by atoms with van der Waals surface area (Å²) in [6, 6.07) is 0.776. The Bertz CT molecular complexity index is 393. The molecule has 134 valence electrons. The fraction of sp³-hybridized carbons (Fsp3) is 0.947. The molecule has 1 saturated heterocycles. The predicted octanol–water partition coefficient (Wildman–Crippen LogP) is 4.33. The molecule has 23 heavy (non-hydrogen) atoms. The number of carbonyl (C=O) groups excluding carboxylic acids is 1. The summed E-state index contributed by atoms with van der Waals surface area (Å²) in [5, 5.41) is 3.73. The van der Waals surface area contributed by atoms with Crippen molar-refractivity contribution in [3.05, 3.63) is 0 Å². The third kappa shape index (κ3) is 5.10. The van der Waals surface area contributed by atoms with E-state index in [2.05, 4.69) is 19.2 Å². The van der Waals surface area contributed by atoms with Gasteiger partial charge < -0.3 is 15.0 Å². The van der Waals surface area contributed by atoms with Gasteiger partial charge in [-0.15, -0.1) is 0 Å². The van der Waals surface area contributed by atoms with E-state index < -0.39 is 5.60 Å². The monoisotopic (exact) mass is 324 g/mol. The van der Waals surface area contributed by atoms with Gasteiger partial charge in [0.1, 0.15) is 5.60 Å². The first kappa shape index (κ1) is 18.6. The third-order valence-corrected chi connectivity index (χ3v) is 5.62. The lowest BCUT2D eigenvalue weighted by Crippen LogP contribution is -2.46. The average Bonchev–Trinajstić information content (AvgIpc) is 2.84. The zero-order valence-electron chi connectivity index (χ0n) is 15.8. The first-order valence-corrected chi connectivity index (χ1v) is 9.48. The molecule has 0 bridgehead atoms. The summed E-state index contributed by atoms with van der Waals surface area (Å²) < 4.78 is 5.56. The number of hydrogen-bond donors (Lipinski definition) is 1. The molecule has 0 spiro atoms. The van der Waals surface area contributed by atoms with Gasteiger partial charge in [-0.3, -0.25) is 0 Å². The van der Waals surface area contributed by atoms with Crippen LogP contribution < -0.4 is 5.32 Å². The highest BCUT2D eigenvalue weighted by Gasteiger charge is 2.36. The van der Waals surface area contributed by atoms with Crippen LogP contribution in [0.3, 0.4) is 0 Å². The topological polar surface area (TPSA) is 41.6 Å². The number of hydrogen-bond acceptors (Lipinski definition) is 3. The van der Waals surface area contributed by atoms with Crippen molar-refractivity contribution < 1.29 is 9.53 Å². The molecule has 0 aromatic rings. The van der Waals surface area contributed by atoms with Crippen LogP contribution in [-0.4, -0.2) is 41.8 Å². The lowest BCUT2D eigenvalue weighted by molar-refractivity contribution is 0.0212. The van der Waals surface area contributed by atoms with E-state index >= 15 is 0 Å². The molecule has 1 aliphatic heterocycles. The van der Waals surface area contributed by atoms with Crippen molar-refractivity contribution in [2.75, 3.05) is 13.1 Å². The number of nitrogens with one attached hydrogen (secondary N) is 1. The van der Waals surface area contributed by atoms with Crippen molar-refractivity contribution in [1.82, 2.24) is 10.2 Å². The van der Waals surface area contributed by atoms with Gasteiger partial charge in [0.15, 0.2) is 0 Å². The molecule has 0 aromatic carbocycles. The maximum Gasteiger partial charge on any atom is 0.410 e. The van der Waals surface area contributed by atoms with Crippen molar-refractivity contribution in [3.8, 4) is 0 Å². The smallest absolute Gasteiger partial charge is 0.410 e. The maximum absolute atomic E-state index is 12.4. The summed E-state index contributed by atoms with van der Waals surface area (Å²) in [6.07, 6.45) is 8.49. The molecule has 1 saturated carbocycles. The van der Waals surface area contributed by atoms with Crippen LogP contribution in [-0.2, 0) is 4.74 Å². The Hall–Kier alpha value is -0.770. The van der Waals surface area contributed by atoms with E-state index in [-0.39, 0.29) is 6.09 Å². The second-order valence-electron chi connectivity index (χ2n) is 8.69. The minimum Gasteiger partial charge on any atom is -0.444 e. The van der Waals surface area contributed by atoms with Gasteiger partial charge in [-0.05, 0) is 71.6 Å². The normalized spacial score (nSPS) is 25.1. The molecular formula is C19H36N2O2. The van der Waals surface area contributed by atoms with Crippen LogP contribution in [0.2, 0.25) is 0 Å². The summed E-state index contributed by atoms with van der Waals surface area (Å²) >= 11 is 0. The van der Waals surface area contributed by atoms with E-state index in [1.165, 1.54) is 25.7 Å². The largest absolute Gasteiger partial charge is 0.444 e. The average molecular weight is 325 g/mol. The van der Waals surface area contributed by atoms with Crippen LogP contribution in [0.1, 0.15) is 79.6 Å². The second kappa shape index (κ2) is 7.42. The van der Waals surface area contributed by atoms with Crippen molar-refractivity contribution in [3.63, 3.8) is 0 Å². The Morgan fingerprint density at radius 3 is 2.57 bits per heavy atom.